The van der Waals surface area contributed by atoms with Gasteiger partial charge in [0.2, 0.25) is 0 Å². The molecule has 2 N–H and O–H groups in total. The molecule has 126 valence electrons. The molecule has 0 aliphatic heterocycles. The number of hydrogen-bond donors (Lipinski definition) is 1. The van der Waals surface area contributed by atoms with Crippen LogP contribution in [0.1, 0.15) is 96.8 Å². The number of rotatable bonds is 16. The first-order chi connectivity index (χ1) is 10.3. The van der Waals surface area contributed by atoms with Crippen LogP contribution in [0.15, 0.2) is 0 Å². The number of ether oxygens (including phenoxy) is 1. The van der Waals surface area contributed by atoms with Crippen LogP contribution < -0.4 is 5.73 Å². The van der Waals surface area contributed by atoms with Gasteiger partial charge < -0.3 is 10.5 Å². The topological polar surface area (TPSA) is 52.3 Å². The largest absolute Gasteiger partial charge is 0.466 e. The van der Waals surface area contributed by atoms with E-state index >= 15 is 0 Å². The fraction of sp³-hybridized carbons (Fsp3) is 0.944. The Kier molecular flexibility index (Phi) is 17.0. The van der Waals surface area contributed by atoms with Crippen molar-refractivity contribution in [2.45, 2.75) is 96.8 Å². The van der Waals surface area contributed by atoms with Gasteiger partial charge >= 0.3 is 5.97 Å². The number of carbonyl (C=O) groups is 1. The van der Waals surface area contributed by atoms with Crippen LogP contribution in [-0.4, -0.2) is 19.1 Å². The average molecular weight is 299 g/mol. The second-order valence-corrected chi connectivity index (χ2v) is 6.00. The van der Waals surface area contributed by atoms with Crippen LogP contribution in [-0.2, 0) is 9.53 Å². The second-order valence-electron chi connectivity index (χ2n) is 6.00. The summed E-state index contributed by atoms with van der Waals surface area (Å²) in [5, 5.41) is 0. The van der Waals surface area contributed by atoms with E-state index in [1.54, 1.807) is 0 Å². The van der Waals surface area contributed by atoms with Gasteiger partial charge in [0.25, 0.3) is 0 Å². The lowest BCUT2D eigenvalue weighted by Crippen LogP contribution is -2.07. The van der Waals surface area contributed by atoms with Crippen molar-refractivity contribution in [3.8, 4) is 0 Å². The highest BCUT2D eigenvalue weighted by Crippen LogP contribution is 2.12. The maximum absolute atomic E-state index is 11.4. The van der Waals surface area contributed by atoms with Gasteiger partial charge in [0.1, 0.15) is 0 Å². The molecule has 0 rings (SSSR count). The molecule has 3 nitrogen and oxygen atoms in total. The van der Waals surface area contributed by atoms with Crippen LogP contribution in [0.2, 0.25) is 0 Å². The van der Waals surface area contributed by atoms with Gasteiger partial charge in [-0.25, -0.2) is 0 Å². The van der Waals surface area contributed by atoms with E-state index < -0.39 is 0 Å². The highest BCUT2D eigenvalue weighted by atomic mass is 16.5. The van der Waals surface area contributed by atoms with Crippen LogP contribution in [0, 0.1) is 0 Å². The van der Waals surface area contributed by atoms with Crippen LogP contribution >= 0.6 is 0 Å². The van der Waals surface area contributed by atoms with E-state index in [-0.39, 0.29) is 5.97 Å². The minimum absolute atomic E-state index is 0.0389. The summed E-state index contributed by atoms with van der Waals surface area (Å²) in [5.74, 6) is -0.0389. The van der Waals surface area contributed by atoms with Crippen LogP contribution in [0.25, 0.3) is 0 Å². The van der Waals surface area contributed by atoms with Crippen LogP contribution in [0.5, 0.6) is 0 Å². The molecule has 0 saturated carbocycles. The van der Waals surface area contributed by atoms with Gasteiger partial charge in [-0.15, -0.1) is 0 Å². The first kappa shape index (κ1) is 20.4. The van der Waals surface area contributed by atoms with E-state index in [4.69, 9.17) is 10.5 Å². The molecule has 0 aliphatic rings. The Morgan fingerprint density at radius 1 is 0.762 bits per heavy atom. The Bertz CT molecular complexity index is 219. The Morgan fingerprint density at radius 2 is 1.29 bits per heavy atom. The van der Waals surface area contributed by atoms with Gasteiger partial charge in [-0.2, -0.15) is 0 Å². The first-order valence-corrected chi connectivity index (χ1v) is 9.17. The lowest BCUT2D eigenvalue weighted by molar-refractivity contribution is -0.143. The summed E-state index contributed by atoms with van der Waals surface area (Å²) in [6.45, 7) is 3.47. The summed E-state index contributed by atoms with van der Waals surface area (Å²) >= 11 is 0. The number of unbranched alkanes of at least 4 members (excludes halogenated alkanes) is 11. The summed E-state index contributed by atoms with van der Waals surface area (Å²) < 4.78 is 5.14. The van der Waals surface area contributed by atoms with E-state index in [0.717, 1.165) is 25.7 Å². The van der Waals surface area contributed by atoms with Crippen LogP contribution in [0.3, 0.4) is 0 Å². The number of carbonyl (C=O) groups excluding carboxylic acids is 1. The molecule has 0 unspecified atom stereocenters. The minimum Gasteiger partial charge on any atom is -0.466 e. The fourth-order valence-electron chi connectivity index (χ4n) is 2.44. The standard InChI is InChI=1S/C18H37NO2/c1-2-3-4-5-6-7-8-9-10-11-12-15-18(20)21-17-14-13-16-19/h2-17,19H2,1H3. The van der Waals surface area contributed by atoms with Crippen molar-refractivity contribution in [3.63, 3.8) is 0 Å². The van der Waals surface area contributed by atoms with Gasteiger partial charge in [0.05, 0.1) is 6.61 Å². The van der Waals surface area contributed by atoms with Crippen molar-refractivity contribution in [2.24, 2.45) is 5.73 Å². The molecule has 0 aliphatic carbocycles. The molecule has 0 aromatic carbocycles. The number of hydrogen-bond acceptors (Lipinski definition) is 3. The maximum Gasteiger partial charge on any atom is 0.305 e. The van der Waals surface area contributed by atoms with Gasteiger partial charge in [0, 0.05) is 6.42 Å². The zero-order valence-electron chi connectivity index (χ0n) is 14.2. The molecule has 0 aromatic heterocycles. The lowest BCUT2D eigenvalue weighted by Gasteiger charge is -2.04. The van der Waals surface area contributed by atoms with Crippen molar-refractivity contribution in [1.82, 2.24) is 0 Å². The molecule has 0 bridgehead atoms. The van der Waals surface area contributed by atoms with Crippen molar-refractivity contribution in [1.29, 1.82) is 0 Å². The summed E-state index contributed by atoms with van der Waals surface area (Å²) in [4.78, 5) is 11.4. The Hall–Kier alpha value is -0.570. The summed E-state index contributed by atoms with van der Waals surface area (Å²) in [7, 11) is 0. The Morgan fingerprint density at radius 3 is 1.81 bits per heavy atom. The lowest BCUT2D eigenvalue weighted by atomic mass is 10.1. The van der Waals surface area contributed by atoms with Gasteiger partial charge in [-0.3, -0.25) is 4.79 Å². The summed E-state index contributed by atoms with van der Waals surface area (Å²) in [6.07, 6.45) is 16.8. The smallest absolute Gasteiger partial charge is 0.305 e. The number of nitrogens with two attached hydrogens (primary N) is 1. The molecule has 0 saturated heterocycles. The Labute approximate surface area is 132 Å². The molecule has 0 heterocycles. The van der Waals surface area contributed by atoms with E-state index in [0.29, 0.717) is 19.6 Å². The molecular formula is C18H37NO2. The van der Waals surface area contributed by atoms with E-state index in [2.05, 4.69) is 6.92 Å². The maximum atomic E-state index is 11.4. The predicted octanol–water partition coefficient (Wildman–Crippen LogP) is 4.97. The monoisotopic (exact) mass is 299 g/mol. The minimum atomic E-state index is -0.0389. The summed E-state index contributed by atoms with van der Waals surface area (Å²) in [6, 6.07) is 0. The van der Waals surface area contributed by atoms with Gasteiger partial charge in [-0.05, 0) is 25.8 Å². The van der Waals surface area contributed by atoms with Crippen LogP contribution in [0.4, 0.5) is 0 Å². The van der Waals surface area contributed by atoms with E-state index in [1.807, 2.05) is 0 Å². The van der Waals surface area contributed by atoms with Gasteiger partial charge in [-0.1, -0.05) is 71.1 Å². The number of esters is 1. The van der Waals surface area contributed by atoms with E-state index in [1.165, 1.54) is 57.8 Å². The molecule has 0 radical (unpaired) electrons. The quantitative estimate of drug-likeness (QED) is 0.323. The summed E-state index contributed by atoms with van der Waals surface area (Å²) in [5.41, 5.74) is 5.38. The van der Waals surface area contributed by atoms with Crippen molar-refractivity contribution >= 4 is 5.97 Å². The Balaban J connectivity index is 3.09. The molecule has 0 spiro atoms. The molecule has 0 fully saturated rings. The van der Waals surface area contributed by atoms with Gasteiger partial charge in [0.15, 0.2) is 0 Å². The predicted molar refractivity (Wildman–Crippen MR) is 90.3 cm³/mol. The molecular weight excluding hydrogens is 262 g/mol. The van der Waals surface area contributed by atoms with Crippen molar-refractivity contribution in [3.05, 3.63) is 0 Å². The fourth-order valence-corrected chi connectivity index (χ4v) is 2.44. The molecule has 21 heavy (non-hydrogen) atoms. The highest BCUT2D eigenvalue weighted by molar-refractivity contribution is 5.69. The van der Waals surface area contributed by atoms with Crippen molar-refractivity contribution < 1.29 is 9.53 Å². The third-order valence-corrected chi connectivity index (χ3v) is 3.85. The second kappa shape index (κ2) is 17.5. The van der Waals surface area contributed by atoms with E-state index in [9.17, 15) is 4.79 Å². The average Bonchev–Trinajstić information content (AvgIpc) is 2.49. The molecule has 0 aromatic rings. The molecule has 0 amide bonds. The molecule has 0 atom stereocenters. The normalized spacial score (nSPS) is 10.8. The zero-order chi connectivity index (χ0) is 15.6. The van der Waals surface area contributed by atoms with Crippen molar-refractivity contribution in [2.75, 3.05) is 13.2 Å². The molecule has 3 heteroatoms. The third-order valence-electron chi connectivity index (χ3n) is 3.85. The highest BCUT2D eigenvalue weighted by Gasteiger charge is 2.02. The third kappa shape index (κ3) is 17.4. The zero-order valence-corrected chi connectivity index (χ0v) is 14.2. The first-order valence-electron chi connectivity index (χ1n) is 9.17. The SMILES string of the molecule is CCCCCCCCCCCCCC(=O)OCCCCN.